The number of benzene rings is 1. The third-order valence-electron chi connectivity index (χ3n) is 7.61. The maximum Gasteiger partial charge on any atom is 2.00 e. The summed E-state index contributed by atoms with van der Waals surface area (Å²) in [5.41, 5.74) is 0.929. The van der Waals surface area contributed by atoms with E-state index in [9.17, 15) is 9.59 Å². The molecule has 184 valence electrons. The van der Waals surface area contributed by atoms with Gasteiger partial charge in [-0.2, -0.15) is 5.92 Å². The number of amides is 1. The summed E-state index contributed by atoms with van der Waals surface area (Å²) < 4.78 is 1.74. The van der Waals surface area contributed by atoms with E-state index >= 15 is 0 Å². The quantitative estimate of drug-likeness (QED) is 0.307. The number of hydrogen-bond acceptors (Lipinski definition) is 3. The van der Waals surface area contributed by atoms with Crippen LogP contribution in [0.2, 0.25) is 0 Å². The van der Waals surface area contributed by atoms with E-state index in [4.69, 9.17) is 0 Å². The molecule has 2 saturated heterocycles. The average Bonchev–Trinajstić information content (AvgIpc) is 3.03. The van der Waals surface area contributed by atoms with Crippen LogP contribution in [-0.4, -0.2) is 40.0 Å². The van der Waals surface area contributed by atoms with Gasteiger partial charge < -0.3 is 23.7 Å². The number of carbonyl (C=O) groups excluding carboxylic acids is 1. The Morgan fingerprint density at radius 1 is 1.15 bits per heavy atom. The first kappa shape index (κ1) is 27.1. The number of nitrogens with zero attached hydrogens (tertiary/aromatic N) is 2. The van der Waals surface area contributed by atoms with Crippen LogP contribution in [0.25, 0.3) is 10.9 Å². The Kier molecular flexibility index (Phi) is 9.57. The molecular weight excluding hydrogens is 594 g/mol. The minimum atomic E-state index is -0.229. The summed E-state index contributed by atoms with van der Waals surface area (Å²) in [7, 11) is 0. The summed E-state index contributed by atoms with van der Waals surface area (Å²) in [6.07, 6.45) is 8.87. The average molecular weight is 633 g/mol. The zero-order chi connectivity index (χ0) is 23.5. The van der Waals surface area contributed by atoms with Crippen molar-refractivity contribution in [2.75, 3.05) is 6.54 Å². The van der Waals surface area contributed by atoms with Gasteiger partial charge in [0.25, 0.3) is 11.5 Å². The normalized spacial score (nSPS) is 23.1. The molecule has 1 N–H and O–H groups in total. The topological polar surface area (TPSA) is 54.3 Å². The van der Waals surface area contributed by atoms with Crippen molar-refractivity contribution in [3.8, 4) is 0 Å². The van der Waals surface area contributed by atoms with Crippen LogP contribution >= 0.6 is 0 Å². The Morgan fingerprint density at radius 2 is 1.82 bits per heavy atom. The van der Waals surface area contributed by atoms with Gasteiger partial charge in [-0.3, -0.25) is 14.5 Å². The molecule has 2 fully saturated rings. The molecule has 6 heteroatoms. The Morgan fingerprint density at radius 3 is 2.47 bits per heavy atom. The molecule has 3 atom stereocenters. The van der Waals surface area contributed by atoms with E-state index in [1.807, 2.05) is 38.1 Å². The summed E-state index contributed by atoms with van der Waals surface area (Å²) in [5, 5.41) is 4.15. The van der Waals surface area contributed by atoms with Crippen LogP contribution in [0.5, 0.6) is 0 Å². The van der Waals surface area contributed by atoms with Gasteiger partial charge >= 0.3 is 21.1 Å². The number of nitrogens with one attached hydrogen (secondary N) is 1. The molecule has 0 spiro atoms. The zero-order valence-corrected chi connectivity index (χ0v) is 23.6. The molecule has 0 radical (unpaired) electrons. The van der Waals surface area contributed by atoms with E-state index in [-0.39, 0.29) is 50.2 Å². The molecule has 34 heavy (non-hydrogen) atoms. The van der Waals surface area contributed by atoms with Crippen LogP contribution in [0.3, 0.4) is 0 Å². The molecule has 1 amide bonds. The van der Waals surface area contributed by atoms with Crippen LogP contribution in [0.1, 0.15) is 81.6 Å². The van der Waals surface area contributed by atoms with Gasteiger partial charge in [-0.1, -0.05) is 31.0 Å². The molecule has 5 nitrogen and oxygen atoms in total. The summed E-state index contributed by atoms with van der Waals surface area (Å²) in [6.45, 7) is 13.2. The summed E-state index contributed by atoms with van der Waals surface area (Å²) >= 11 is 0. The number of para-hydroxylation sites is 1. The molecular formula is C28H39N3O2W. The van der Waals surface area contributed by atoms with Crippen LogP contribution in [0.15, 0.2) is 35.1 Å². The van der Waals surface area contributed by atoms with Gasteiger partial charge in [0, 0.05) is 24.2 Å². The largest absolute Gasteiger partial charge is 2.00 e. The maximum absolute atomic E-state index is 13.2. The van der Waals surface area contributed by atoms with Crippen molar-refractivity contribution in [1.29, 1.82) is 0 Å². The van der Waals surface area contributed by atoms with Gasteiger partial charge in [0.2, 0.25) is 0 Å². The van der Waals surface area contributed by atoms with Gasteiger partial charge in [-0.25, -0.2) is 6.42 Å². The predicted molar refractivity (Wildman–Crippen MR) is 135 cm³/mol. The molecule has 1 aromatic carbocycles. The standard InChI is InChI=1S/C28H39N3O2.W/c1-5-20(4)10-8-9-15-30-23-13-14-24(30)18-22(17-23)29-27(32)25-16-21-11-6-7-12-26(21)31(19(2)3)28(25)33;/h6-7,11-12,16,19-20,22-24H,1,4-5,8-10,13-15,17-18H2,2-3H3,(H,29,32);/q-2;+2. The molecule has 0 saturated carbocycles. The SMILES string of the molecule is [CH2-]CC([CH2-])CCCCN1C2CCC1CC(NC(=O)c1cc3ccccc3n(C(C)C)c1=O)C2.[W+2]. The molecule has 0 aliphatic carbocycles. The van der Waals surface area contributed by atoms with E-state index < -0.39 is 0 Å². The van der Waals surface area contributed by atoms with E-state index in [0.29, 0.717) is 18.0 Å². The number of piperidine rings is 1. The van der Waals surface area contributed by atoms with E-state index in [0.717, 1.165) is 43.1 Å². The first-order valence-electron chi connectivity index (χ1n) is 12.7. The number of fused-ring (bicyclic) bond motifs is 3. The summed E-state index contributed by atoms with van der Waals surface area (Å²) in [4.78, 5) is 29.1. The van der Waals surface area contributed by atoms with Crippen LogP contribution in [0, 0.1) is 19.8 Å². The molecule has 3 unspecified atom stereocenters. The third kappa shape index (κ3) is 5.85. The number of aromatic nitrogens is 1. The van der Waals surface area contributed by atoms with Gasteiger partial charge in [0.15, 0.2) is 0 Å². The molecule has 1 aromatic heterocycles. The van der Waals surface area contributed by atoms with Crippen LogP contribution in [-0.2, 0) is 21.1 Å². The second-order valence-corrected chi connectivity index (χ2v) is 10.3. The van der Waals surface area contributed by atoms with Gasteiger partial charge in [0.1, 0.15) is 5.56 Å². The van der Waals surface area contributed by atoms with Crippen LogP contribution in [0.4, 0.5) is 0 Å². The third-order valence-corrected chi connectivity index (χ3v) is 7.61. The van der Waals surface area contributed by atoms with Crippen molar-refractivity contribution < 1.29 is 25.9 Å². The smallest absolute Gasteiger partial charge is 0.349 e. The summed E-state index contributed by atoms with van der Waals surface area (Å²) in [5.74, 6) is 0.241. The number of carbonyl (C=O) groups is 1. The number of hydrogen-bond donors (Lipinski definition) is 1. The minimum Gasteiger partial charge on any atom is -0.349 e. The molecule has 4 rings (SSSR count). The number of pyridine rings is 1. The zero-order valence-electron chi connectivity index (χ0n) is 20.7. The number of unbranched alkanes of at least 4 members (excludes halogenated alkanes) is 1. The van der Waals surface area contributed by atoms with Gasteiger partial charge in [-0.05, 0) is 70.0 Å². The Labute approximate surface area is 218 Å². The van der Waals surface area contributed by atoms with Gasteiger partial charge in [-0.15, -0.1) is 0 Å². The Balaban J connectivity index is 0.00000324. The van der Waals surface area contributed by atoms with Crippen molar-refractivity contribution in [3.05, 3.63) is 60.1 Å². The maximum atomic E-state index is 13.2. The van der Waals surface area contributed by atoms with Crippen molar-refractivity contribution in [2.45, 2.75) is 89.4 Å². The molecule has 2 aliphatic heterocycles. The Hall–Kier alpha value is -1.45. The Bertz CT molecular complexity index is 1020. The fourth-order valence-electron chi connectivity index (χ4n) is 5.85. The van der Waals surface area contributed by atoms with Crippen molar-refractivity contribution >= 4 is 16.8 Å². The number of rotatable bonds is 9. The van der Waals surface area contributed by atoms with Crippen molar-refractivity contribution in [1.82, 2.24) is 14.8 Å². The molecule has 3 heterocycles. The van der Waals surface area contributed by atoms with Crippen molar-refractivity contribution in [2.24, 2.45) is 5.92 Å². The fourth-order valence-corrected chi connectivity index (χ4v) is 5.85. The molecule has 2 aromatic rings. The second-order valence-electron chi connectivity index (χ2n) is 10.3. The first-order chi connectivity index (χ1) is 15.9. The molecule has 2 bridgehead atoms. The minimum absolute atomic E-state index is 0. The van der Waals surface area contributed by atoms with E-state index in [1.165, 1.54) is 25.7 Å². The first-order valence-corrected chi connectivity index (χ1v) is 12.7. The monoisotopic (exact) mass is 633 g/mol. The summed E-state index contributed by atoms with van der Waals surface area (Å²) in [6, 6.07) is 10.8. The second kappa shape index (κ2) is 12.0. The van der Waals surface area contributed by atoms with E-state index in [1.54, 1.807) is 10.6 Å². The fraction of sp³-hybridized carbons (Fsp3) is 0.571. The molecule has 2 aliphatic rings. The van der Waals surface area contributed by atoms with Crippen LogP contribution < -0.4 is 10.9 Å². The van der Waals surface area contributed by atoms with Crippen molar-refractivity contribution in [3.63, 3.8) is 0 Å². The van der Waals surface area contributed by atoms with E-state index in [2.05, 4.69) is 24.1 Å². The predicted octanol–water partition coefficient (Wildman–Crippen LogP) is 5.15. The van der Waals surface area contributed by atoms with Gasteiger partial charge in [0.05, 0.1) is 5.52 Å².